The Balaban J connectivity index is 1.78. The number of nitrogens with zero attached hydrogens (tertiary/aromatic N) is 3. The fraction of sp³-hybridized carbons (Fsp3) is 0.375. The number of amides is 2. The lowest BCUT2D eigenvalue weighted by molar-refractivity contribution is -0.384. The predicted molar refractivity (Wildman–Crippen MR) is 121 cm³/mol. The van der Waals surface area contributed by atoms with Gasteiger partial charge in [0.05, 0.1) is 17.6 Å². The number of methoxy groups -OCH3 is 1. The summed E-state index contributed by atoms with van der Waals surface area (Å²) in [5.74, 6) is -1.16. The fourth-order valence-corrected chi connectivity index (χ4v) is 4.08. The Bertz CT molecular complexity index is 1030. The Morgan fingerprint density at radius 1 is 1.06 bits per heavy atom. The van der Waals surface area contributed by atoms with Gasteiger partial charge in [0.15, 0.2) is 0 Å². The molecular formula is C24H27N3O6. The molecule has 0 radical (unpaired) electrons. The highest BCUT2D eigenvalue weighted by Crippen LogP contribution is 2.24. The zero-order valence-corrected chi connectivity index (χ0v) is 18.7. The van der Waals surface area contributed by atoms with Crippen molar-refractivity contribution in [2.45, 2.75) is 32.2 Å². The van der Waals surface area contributed by atoms with Crippen LogP contribution >= 0.6 is 0 Å². The minimum absolute atomic E-state index is 0.0381. The third-order valence-corrected chi connectivity index (χ3v) is 5.74. The van der Waals surface area contributed by atoms with Crippen LogP contribution in [0.4, 0.5) is 5.69 Å². The number of hydrogen-bond acceptors (Lipinski definition) is 6. The van der Waals surface area contributed by atoms with Gasteiger partial charge in [0, 0.05) is 48.9 Å². The van der Waals surface area contributed by atoms with E-state index in [4.69, 9.17) is 0 Å². The molecule has 0 spiro atoms. The molecule has 9 heteroatoms. The molecule has 0 bridgehead atoms. The van der Waals surface area contributed by atoms with Crippen molar-refractivity contribution < 1.29 is 24.0 Å². The van der Waals surface area contributed by atoms with Crippen LogP contribution in [0.5, 0.6) is 0 Å². The monoisotopic (exact) mass is 453 g/mol. The molecule has 1 aliphatic rings. The smallest absolute Gasteiger partial charge is 0.338 e. The van der Waals surface area contributed by atoms with Crippen LogP contribution in [0.25, 0.3) is 0 Å². The third-order valence-electron chi connectivity index (χ3n) is 5.74. The number of nitro benzene ring substituents is 1. The summed E-state index contributed by atoms with van der Waals surface area (Å²) >= 11 is 0. The molecule has 1 aliphatic heterocycles. The Hall–Kier alpha value is -3.75. The van der Waals surface area contributed by atoms with Gasteiger partial charge in [-0.1, -0.05) is 25.1 Å². The number of rotatable bonds is 7. The van der Waals surface area contributed by atoms with E-state index < -0.39 is 10.9 Å². The van der Waals surface area contributed by atoms with E-state index in [-0.39, 0.29) is 34.7 Å². The number of likely N-dealkylation sites (tertiary alicyclic amines) is 1. The third kappa shape index (κ3) is 5.54. The predicted octanol–water partition coefficient (Wildman–Crippen LogP) is 3.54. The van der Waals surface area contributed by atoms with Crippen molar-refractivity contribution in [2.75, 3.05) is 26.7 Å². The number of nitro groups is 1. The summed E-state index contributed by atoms with van der Waals surface area (Å²) < 4.78 is 4.68. The lowest BCUT2D eigenvalue weighted by atomic mass is 10.00. The molecule has 0 aliphatic carbocycles. The highest BCUT2D eigenvalue weighted by Gasteiger charge is 2.31. The molecule has 0 unspecified atom stereocenters. The Labute approximate surface area is 192 Å². The number of piperidine rings is 1. The molecular weight excluding hydrogens is 426 g/mol. The number of carbonyl (C=O) groups excluding carboxylic acids is 3. The highest BCUT2D eigenvalue weighted by atomic mass is 16.6. The molecule has 0 saturated carbocycles. The largest absolute Gasteiger partial charge is 0.465 e. The van der Waals surface area contributed by atoms with Crippen molar-refractivity contribution in [1.29, 1.82) is 0 Å². The van der Waals surface area contributed by atoms with Crippen LogP contribution in [0.2, 0.25) is 0 Å². The molecule has 33 heavy (non-hydrogen) atoms. The molecule has 3 rings (SSSR count). The van der Waals surface area contributed by atoms with E-state index in [1.54, 1.807) is 21.9 Å². The van der Waals surface area contributed by atoms with Gasteiger partial charge in [0.25, 0.3) is 17.5 Å². The molecule has 1 fully saturated rings. The maximum Gasteiger partial charge on any atom is 0.338 e. The summed E-state index contributed by atoms with van der Waals surface area (Å²) in [7, 11) is 1.18. The Morgan fingerprint density at radius 3 is 2.27 bits per heavy atom. The summed E-state index contributed by atoms with van der Waals surface area (Å²) in [5.41, 5.74) is 0.306. The molecule has 2 aromatic rings. The maximum atomic E-state index is 13.4. The number of benzene rings is 2. The van der Waals surface area contributed by atoms with Crippen molar-refractivity contribution in [3.8, 4) is 0 Å². The molecule has 0 N–H and O–H groups in total. The summed E-state index contributed by atoms with van der Waals surface area (Å²) in [6, 6.07) is 12.6. The van der Waals surface area contributed by atoms with Crippen LogP contribution in [-0.4, -0.2) is 65.3 Å². The molecule has 2 aromatic carbocycles. The maximum absolute atomic E-state index is 13.4. The number of carbonyl (C=O) groups is 3. The average molecular weight is 453 g/mol. The lowest BCUT2D eigenvalue weighted by Crippen LogP contribution is -2.49. The van der Waals surface area contributed by atoms with Gasteiger partial charge in [0.2, 0.25) is 0 Å². The summed E-state index contributed by atoms with van der Waals surface area (Å²) in [5, 5.41) is 11.3. The van der Waals surface area contributed by atoms with Crippen molar-refractivity contribution >= 4 is 23.5 Å². The summed E-state index contributed by atoms with van der Waals surface area (Å²) in [6.07, 6.45) is 1.90. The normalized spacial score (nSPS) is 13.9. The van der Waals surface area contributed by atoms with Crippen molar-refractivity contribution in [1.82, 2.24) is 9.80 Å². The molecule has 0 atom stereocenters. The van der Waals surface area contributed by atoms with E-state index >= 15 is 0 Å². The zero-order chi connectivity index (χ0) is 24.0. The fourth-order valence-electron chi connectivity index (χ4n) is 4.08. The average Bonchev–Trinajstić information content (AvgIpc) is 2.86. The summed E-state index contributed by atoms with van der Waals surface area (Å²) in [6.45, 7) is 3.43. The first-order chi connectivity index (χ1) is 15.8. The molecule has 2 amide bonds. The number of ether oxygens (including phenoxy) is 1. The minimum atomic E-state index is -0.748. The quantitative estimate of drug-likeness (QED) is 0.360. The van der Waals surface area contributed by atoms with E-state index in [1.165, 1.54) is 19.2 Å². The minimum Gasteiger partial charge on any atom is -0.465 e. The van der Waals surface area contributed by atoms with E-state index in [1.807, 2.05) is 25.1 Å². The molecule has 174 valence electrons. The Kier molecular flexibility index (Phi) is 7.76. The second kappa shape index (κ2) is 10.7. The topological polar surface area (TPSA) is 110 Å². The van der Waals surface area contributed by atoms with E-state index in [9.17, 15) is 24.5 Å². The zero-order valence-electron chi connectivity index (χ0n) is 18.7. The second-order valence-electron chi connectivity index (χ2n) is 7.91. The number of esters is 1. The van der Waals surface area contributed by atoms with Gasteiger partial charge in [-0.25, -0.2) is 4.79 Å². The molecule has 0 aromatic heterocycles. The van der Waals surface area contributed by atoms with Gasteiger partial charge >= 0.3 is 5.97 Å². The summed E-state index contributed by atoms with van der Waals surface area (Å²) in [4.78, 5) is 52.3. The molecule has 9 nitrogen and oxygen atoms in total. The first-order valence-electron chi connectivity index (χ1n) is 10.9. The van der Waals surface area contributed by atoms with Crippen molar-refractivity contribution in [2.24, 2.45) is 0 Å². The van der Waals surface area contributed by atoms with Gasteiger partial charge in [0.1, 0.15) is 0 Å². The van der Waals surface area contributed by atoms with Gasteiger partial charge in [-0.3, -0.25) is 19.7 Å². The van der Waals surface area contributed by atoms with Gasteiger partial charge in [-0.2, -0.15) is 0 Å². The van der Waals surface area contributed by atoms with Crippen LogP contribution in [0, 0.1) is 10.1 Å². The first kappa shape index (κ1) is 23.9. The highest BCUT2D eigenvalue weighted by molar-refractivity contribution is 5.99. The van der Waals surface area contributed by atoms with Gasteiger partial charge in [-0.15, -0.1) is 0 Å². The van der Waals surface area contributed by atoms with Gasteiger partial charge < -0.3 is 14.5 Å². The van der Waals surface area contributed by atoms with Crippen LogP contribution in [0.3, 0.4) is 0 Å². The van der Waals surface area contributed by atoms with Gasteiger partial charge in [-0.05, 0) is 37.5 Å². The van der Waals surface area contributed by atoms with Crippen LogP contribution in [0.15, 0.2) is 48.5 Å². The number of hydrogen-bond donors (Lipinski definition) is 0. The van der Waals surface area contributed by atoms with Crippen LogP contribution in [0.1, 0.15) is 57.3 Å². The SMILES string of the molecule is CCCN(C(=O)c1cc(C(=O)OC)cc([N+](=O)[O-])c1)C1CCN(C(=O)c2ccccc2)CC1. The van der Waals surface area contributed by atoms with Crippen LogP contribution in [-0.2, 0) is 4.74 Å². The molecule has 1 saturated heterocycles. The standard InChI is InChI=1S/C24H27N3O6/c1-3-11-26(20-9-12-25(13-10-20)22(28)17-7-5-4-6-8-17)23(29)18-14-19(24(30)33-2)16-21(15-18)27(31)32/h4-8,14-16,20H,3,9-13H2,1-2H3. The van der Waals surface area contributed by atoms with E-state index in [2.05, 4.69) is 4.74 Å². The first-order valence-corrected chi connectivity index (χ1v) is 10.9. The Morgan fingerprint density at radius 2 is 1.70 bits per heavy atom. The number of non-ortho nitro benzene ring substituents is 1. The van der Waals surface area contributed by atoms with Crippen LogP contribution < -0.4 is 0 Å². The lowest BCUT2D eigenvalue weighted by Gasteiger charge is -2.38. The van der Waals surface area contributed by atoms with E-state index in [0.717, 1.165) is 6.07 Å². The van der Waals surface area contributed by atoms with Crippen molar-refractivity contribution in [3.63, 3.8) is 0 Å². The second-order valence-corrected chi connectivity index (χ2v) is 7.91. The molecule has 1 heterocycles. The van der Waals surface area contributed by atoms with Crippen molar-refractivity contribution in [3.05, 3.63) is 75.3 Å². The van der Waals surface area contributed by atoms with E-state index in [0.29, 0.717) is 44.5 Å².